The number of rotatable bonds is 0. The lowest BCUT2D eigenvalue weighted by molar-refractivity contribution is 0.417. The normalized spacial score (nSPS) is 12.5. The van der Waals surface area contributed by atoms with E-state index in [0.29, 0.717) is 0 Å². The Balaban J connectivity index is 0.000000300. The molecule has 0 amide bonds. The molecule has 0 N–H and O–H groups in total. The fraction of sp³-hybridized carbons (Fsp3) is 0.105. The van der Waals surface area contributed by atoms with E-state index in [0.717, 1.165) is 6.42 Å². The topological polar surface area (TPSA) is 57.2 Å². The highest BCUT2D eigenvalue weighted by Gasteiger charge is 2.23. The lowest BCUT2D eigenvalue weighted by Gasteiger charge is -2.15. The Kier molecular flexibility index (Phi) is 4.30. The molecule has 1 aliphatic rings. The van der Waals surface area contributed by atoms with Crippen molar-refractivity contribution in [3.8, 4) is 0 Å². The zero-order chi connectivity index (χ0) is 17.3. The van der Waals surface area contributed by atoms with Crippen LogP contribution in [0.1, 0.15) is 27.8 Å². The Hall–Kier alpha value is -2.37. The van der Waals surface area contributed by atoms with E-state index in [-0.39, 0.29) is 0 Å². The lowest BCUT2D eigenvalue weighted by atomic mass is 9.83. The molecule has 5 heteroatoms. The molecule has 122 valence electrons. The van der Waals surface area contributed by atoms with Crippen molar-refractivity contribution in [2.24, 2.45) is 0 Å². The molecular weight excluding hydrogens is 327 g/mol. The first-order valence-electron chi connectivity index (χ1n) is 7.41. The molecule has 0 aliphatic heterocycles. The number of hydrogen-bond acceptors (Lipinski definition) is 3. The van der Waals surface area contributed by atoms with E-state index >= 15 is 0 Å². The summed E-state index contributed by atoms with van der Waals surface area (Å²) in [7, 11) is -5.42. The second-order valence-electron chi connectivity index (χ2n) is 5.77. The summed E-state index contributed by atoms with van der Waals surface area (Å²) in [5, 5.41) is 2.73. The minimum atomic E-state index is -5.42. The van der Waals surface area contributed by atoms with Crippen LogP contribution in [-0.4, -0.2) is 13.0 Å². The van der Waals surface area contributed by atoms with Crippen LogP contribution in [0.3, 0.4) is 0 Å². The summed E-state index contributed by atoms with van der Waals surface area (Å²) >= 11 is 0. The monoisotopic (exact) mass is 342 g/mol. The Morgan fingerprint density at radius 3 is 2.50 bits per heavy atom. The van der Waals surface area contributed by atoms with Crippen LogP contribution in [0, 0.1) is 13.3 Å². The van der Waals surface area contributed by atoms with E-state index < -0.39 is 10.5 Å². The summed E-state index contributed by atoms with van der Waals surface area (Å²) in [5.74, 6) is 0. The molecule has 4 rings (SSSR count). The molecule has 0 aromatic heterocycles. The van der Waals surface area contributed by atoms with Crippen LogP contribution >= 0.6 is 0 Å². The summed E-state index contributed by atoms with van der Waals surface area (Å²) in [5.41, 5.74) is 6.99. The molecule has 0 unspecified atom stereocenters. The van der Waals surface area contributed by atoms with Crippen molar-refractivity contribution >= 4 is 21.3 Å². The average Bonchev–Trinajstić information content (AvgIpc) is 2.51. The molecule has 0 spiro atoms. The summed E-state index contributed by atoms with van der Waals surface area (Å²) in [4.78, 5) is 0. The second kappa shape index (κ2) is 6.26. The van der Waals surface area contributed by atoms with Gasteiger partial charge in [-0.2, -0.15) is 0 Å². The highest BCUT2D eigenvalue weighted by molar-refractivity contribution is 7.80. The molecule has 0 fully saturated rings. The largest absolute Gasteiger partial charge is 0.722 e. The van der Waals surface area contributed by atoms with Crippen molar-refractivity contribution in [1.82, 2.24) is 0 Å². The third-order valence-corrected chi connectivity index (χ3v) is 4.06. The molecule has 0 radical (unpaired) electrons. The van der Waals surface area contributed by atoms with Gasteiger partial charge in [-0.05, 0) is 42.1 Å². The highest BCUT2D eigenvalue weighted by Crippen LogP contribution is 2.33. The third-order valence-electron chi connectivity index (χ3n) is 4.06. The maximum atomic E-state index is 10.1. The van der Waals surface area contributed by atoms with Gasteiger partial charge in [0.05, 0.1) is 17.5 Å². The summed E-state index contributed by atoms with van der Waals surface area (Å²) in [6.07, 6.45) is 3.37. The van der Waals surface area contributed by atoms with Gasteiger partial charge in [-0.3, -0.25) is 0 Å². The molecule has 0 saturated carbocycles. The lowest BCUT2D eigenvalue weighted by Crippen LogP contribution is -2.06. The van der Waals surface area contributed by atoms with Crippen molar-refractivity contribution < 1.29 is 16.9 Å². The highest BCUT2D eigenvalue weighted by atomic mass is 32.3. The van der Waals surface area contributed by atoms with Gasteiger partial charge < -0.3 is 4.55 Å². The molecular formula is C19H15FO3S. The van der Waals surface area contributed by atoms with Gasteiger partial charge >= 0.3 is 0 Å². The van der Waals surface area contributed by atoms with E-state index in [4.69, 9.17) is 13.0 Å². The predicted molar refractivity (Wildman–Crippen MR) is 91.2 cm³/mol. The first kappa shape index (κ1) is 16.5. The van der Waals surface area contributed by atoms with Crippen LogP contribution in [0.4, 0.5) is 3.89 Å². The van der Waals surface area contributed by atoms with Crippen LogP contribution in [-0.2, 0) is 16.9 Å². The van der Waals surface area contributed by atoms with Gasteiger partial charge in [0.1, 0.15) is 0 Å². The Labute approximate surface area is 140 Å². The number of hydrogen-bond donors (Lipinski definition) is 0. The van der Waals surface area contributed by atoms with Crippen LogP contribution in [0.5, 0.6) is 0 Å². The van der Waals surface area contributed by atoms with Gasteiger partial charge in [0.2, 0.25) is 0 Å². The molecule has 0 heterocycles. The molecule has 0 atom stereocenters. The van der Waals surface area contributed by atoms with Crippen molar-refractivity contribution in [2.75, 3.05) is 0 Å². The first-order valence-corrected chi connectivity index (χ1v) is 8.72. The van der Waals surface area contributed by atoms with Gasteiger partial charge in [-0.25, -0.2) is 8.42 Å². The average molecular weight is 342 g/mol. The maximum Gasteiger partial charge on any atom is 0.255 e. The van der Waals surface area contributed by atoms with Gasteiger partial charge in [0, 0.05) is 35.1 Å². The van der Waals surface area contributed by atoms with Gasteiger partial charge in [0.25, 0.3) is 10.5 Å². The first-order chi connectivity index (χ1) is 11.3. The molecule has 0 saturated heterocycles. The second-order valence-corrected chi connectivity index (χ2v) is 6.56. The Bertz CT molecular complexity index is 1000. The van der Waals surface area contributed by atoms with Gasteiger partial charge in [-0.1, -0.05) is 18.2 Å². The molecule has 1 aliphatic carbocycles. The third kappa shape index (κ3) is 3.75. The SMILES string of the molecule is Cc1ccc2c(c1)[CH+]c1ccc3ccccc3c1C2.O=S(=O)([O-])F. The smallest absolute Gasteiger partial charge is 0.255 e. The summed E-state index contributed by atoms with van der Waals surface area (Å²) < 4.78 is 35.3. The van der Waals surface area contributed by atoms with E-state index in [9.17, 15) is 3.89 Å². The molecule has 3 aromatic rings. The zero-order valence-electron chi connectivity index (χ0n) is 13.0. The van der Waals surface area contributed by atoms with Crippen molar-refractivity contribution in [1.29, 1.82) is 0 Å². The van der Waals surface area contributed by atoms with E-state index in [1.165, 1.54) is 38.6 Å². The standard InChI is InChI=1S/C19H15.FHO3S/c1-13-6-7-15-12-19-16(11-17(15)10-13)9-8-14-4-2-3-5-18(14)19;1-5(2,3)4/h2-11H,12H2,1H3;(H,2,3,4)/q+1;/p-1. The molecule has 0 bridgehead atoms. The van der Waals surface area contributed by atoms with Crippen LogP contribution < -0.4 is 0 Å². The van der Waals surface area contributed by atoms with Crippen LogP contribution in [0.15, 0.2) is 54.6 Å². The Morgan fingerprint density at radius 2 is 1.75 bits per heavy atom. The van der Waals surface area contributed by atoms with Crippen LogP contribution in [0.25, 0.3) is 10.8 Å². The number of halogens is 1. The van der Waals surface area contributed by atoms with Crippen molar-refractivity contribution in [3.63, 3.8) is 0 Å². The van der Waals surface area contributed by atoms with Gasteiger partial charge in [0.15, 0.2) is 0 Å². The van der Waals surface area contributed by atoms with E-state index in [1.54, 1.807) is 0 Å². The molecule has 3 nitrogen and oxygen atoms in total. The number of fused-ring (bicyclic) bond motifs is 4. The minimum absolute atomic E-state index is 1.04. The number of aryl methyl sites for hydroxylation is 1. The van der Waals surface area contributed by atoms with Gasteiger partial charge in [-0.15, -0.1) is 3.89 Å². The van der Waals surface area contributed by atoms with E-state index in [2.05, 4.69) is 67.9 Å². The zero-order valence-corrected chi connectivity index (χ0v) is 13.8. The predicted octanol–water partition coefficient (Wildman–Crippen LogP) is 4.07. The fourth-order valence-corrected chi connectivity index (χ4v) is 3.05. The molecule has 24 heavy (non-hydrogen) atoms. The molecule has 3 aromatic carbocycles. The minimum Gasteiger partial charge on any atom is -0.722 e. The summed E-state index contributed by atoms with van der Waals surface area (Å²) in [6, 6.07) is 19.9. The maximum absolute atomic E-state index is 10.1. The van der Waals surface area contributed by atoms with Crippen LogP contribution in [0.2, 0.25) is 0 Å². The Morgan fingerprint density at radius 1 is 1.04 bits per heavy atom. The van der Waals surface area contributed by atoms with Crippen molar-refractivity contribution in [3.05, 3.63) is 88.8 Å². The quantitative estimate of drug-likeness (QED) is 0.275. The fourth-order valence-electron chi connectivity index (χ4n) is 3.05. The number of benzene rings is 3. The van der Waals surface area contributed by atoms with Crippen molar-refractivity contribution in [2.45, 2.75) is 13.3 Å². The summed E-state index contributed by atoms with van der Waals surface area (Å²) in [6.45, 7) is 2.16. The van der Waals surface area contributed by atoms with E-state index in [1.807, 2.05) is 0 Å².